The van der Waals surface area contributed by atoms with Crippen LogP contribution in [0.15, 0.2) is 11.6 Å². The summed E-state index contributed by atoms with van der Waals surface area (Å²) in [7, 11) is 2.74. The van der Waals surface area contributed by atoms with Crippen molar-refractivity contribution in [3.8, 4) is 0 Å². The molecule has 0 bridgehead atoms. The van der Waals surface area contributed by atoms with Crippen LogP contribution in [0.2, 0.25) is 0 Å². The number of methoxy groups -OCH3 is 2. The fourth-order valence-corrected chi connectivity index (χ4v) is 3.16. The van der Waals surface area contributed by atoms with E-state index < -0.39 is 0 Å². The Bertz CT molecular complexity index is 396. The van der Waals surface area contributed by atoms with Crippen molar-refractivity contribution in [2.24, 2.45) is 0 Å². The highest BCUT2D eigenvalue weighted by Crippen LogP contribution is 2.40. The molecular weight excluding hydrogens is 246 g/mol. The summed E-state index contributed by atoms with van der Waals surface area (Å²) in [6, 6.07) is 0. The molecule has 5 nitrogen and oxygen atoms in total. The van der Waals surface area contributed by atoms with Crippen molar-refractivity contribution in [1.29, 1.82) is 0 Å². The average Bonchev–Trinajstić information content (AvgIpc) is 2.47. The molecule has 1 aliphatic heterocycles. The van der Waals surface area contributed by atoms with Gasteiger partial charge in [0.05, 0.1) is 31.9 Å². The Kier molecular flexibility index (Phi) is 4.12. The number of hydrogen-bond donors (Lipinski definition) is 0. The van der Waals surface area contributed by atoms with Crippen molar-refractivity contribution in [1.82, 2.24) is 4.90 Å². The SMILES string of the molecule is COC(=O)C1=CCC2(CCCCC2)N(C(=O)OC)C1. The third-order valence-corrected chi connectivity index (χ3v) is 4.26. The Balaban J connectivity index is 2.25. The summed E-state index contributed by atoms with van der Waals surface area (Å²) >= 11 is 0. The molecule has 1 saturated carbocycles. The van der Waals surface area contributed by atoms with Gasteiger partial charge in [0.15, 0.2) is 0 Å². The van der Waals surface area contributed by atoms with E-state index >= 15 is 0 Å². The molecule has 2 aliphatic rings. The molecule has 1 aliphatic carbocycles. The quantitative estimate of drug-likeness (QED) is 0.684. The molecule has 1 amide bonds. The lowest BCUT2D eigenvalue weighted by Crippen LogP contribution is -2.55. The molecule has 19 heavy (non-hydrogen) atoms. The Morgan fingerprint density at radius 3 is 2.42 bits per heavy atom. The Morgan fingerprint density at radius 1 is 1.16 bits per heavy atom. The first-order valence-electron chi connectivity index (χ1n) is 6.76. The first-order valence-corrected chi connectivity index (χ1v) is 6.76. The van der Waals surface area contributed by atoms with Gasteiger partial charge in [0, 0.05) is 0 Å². The maximum absolute atomic E-state index is 12.0. The summed E-state index contributed by atoms with van der Waals surface area (Å²) in [5.74, 6) is -0.362. The summed E-state index contributed by atoms with van der Waals surface area (Å²) in [4.78, 5) is 25.4. The molecule has 0 saturated heterocycles. The molecule has 0 N–H and O–H groups in total. The summed E-state index contributed by atoms with van der Waals surface area (Å²) in [5.41, 5.74) is 0.382. The predicted octanol–water partition coefficient (Wildman–Crippen LogP) is 2.26. The number of carbonyl (C=O) groups excluding carboxylic acids is 2. The van der Waals surface area contributed by atoms with Gasteiger partial charge in [-0.3, -0.25) is 4.90 Å². The maximum atomic E-state index is 12.0. The van der Waals surface area contributed by atoms with Gasteiger partial charge in [0.1, 0.15) is 0 Å². The van der Waals surface area contributed by atoms with Gasteiger partial charge < -0.3 is 9.47 Å². The maximum Gasteiger partial charge on any atom is 0.410 e. The Labute approximate surface area is 113 Å². The lowest BCUT2D eigenvalue weighted by atomic mass is 9.75. The summed E-state index contributed by atoms with van der Waals surface area (Å²) in [5, 5.41) is 0. The molecule has 0 aromatic rings. The zero-order chi connectivity index (χ0) is 13.9. The minimum atomic E-state index is -0.362. The minimum absolute atomic E-state index is 0.164. The van der Waals surface area contributed by atoms with Gasteiger partial charge in [-0.1, -0.05) is 25.3 Å². The number of nitrogens with zero attached hydrogens (tertiary/aromatic N) is 1. The van der Waals surface area contributed by atoms with Gasteiger partial charge in [0.25, 0.3) is 0 Å². The Morgan fingerprint density at radius 2 is 1.84 bits per heavy atom. The first kappa shape index (κ1) is 13.9. The van der Waals surface area contributed by atoms with Crippen LogP contribution in [-0.4, -0.2) is 43.3 Å². The van der Waals surface area contributed by atoms with E-state index in [1.165, 1.54) is 20.6 Å². The number of rotatable bonds is 1. The van der Waals surface area contributed by atoms with E-state index in [4.69, 9.17) is 9.47 Å². The molecule has 2 rings (SSSR count). The van der Waals surface area contributed by atoms with Crippen LogP contribution in [0, 0.1) is 0 Å². The normalized spacial score (nSPS) is 21.8. The van der Waals surface area contributed by atoms with Gasteiger partial charge in [0.2, 0.25) is 0 Å². The highest BCUT2D eigenvalue weighted by atomic mass is 16.5. The van der Waals surface area contributed by atoms with Gasteiger partial charge >= 0.3 is 12.1 Å². The van der Waals surface area contributed by atoms with Crippen molar-refractivity contribution in [3.05, 3.63) is 11.6 Å². The number of carbonyl (C=O) groups is 2. The van der Waals surface area contributed by atoms with E-state index in [1.807, 2.05) is 6.08 Å². The third-order valence-electron chi connectivity index (χ3n) is 4.26. The van der Waals surface area contributed by atoms with Crippen molar-refractivity contribution in [2.45, 2.75) is 44.1 Å². The summed E-state index contributed by atoms with van der Waals surface area (Å²) in [6.45, 7) is 0.291. The molecule has 0 unspecified atom stereocenters. The number of hydrogen-bond acceptors (Lipinski definition) is 4. The lowest BCUT2D eigenvalue weighted by Gasteiger charge is -2.47. The van der Waals surface area contributed by atoms with Crippen LogP contribution in [0.4, 0.5) is 4.79 Å². The van der Waals surface area contributed by atoms with Gasteiger partial charge in [-0.25, -0.2) is 9.59 Å². The van der Waals surface area contributed by atoms with Crippen LogP contribution in [0.3, 0.4) is 0 Å². The monoisotopic (exact) mass is 267 g/mol. The van der Waals surface area contributed by atoms with E-state index in [1.54, 1.807) is 4.90 Å². The van der Waals surface area contributed by atoms with Gasteiger partial charge in [-0.05, 0) is 19.3 Å². The molecule has 1 fully saturated rings. The smallest absolute Gasteiger partial charge is 0.410 e. The first-order chi connectivity index (χ1) is 9.13. The molecular formula is C14H21NO4. The van der Waals surface area contributed by atoms with Gasteiger partial charge in [-0.15, -0.1) is 0 Å². The molecule has 0 radical (unpaired) electrons. The largest absolute Gasteiger partial charge is 0.466 e. The second kappa shape index (κ2) is 5.63. The molecule has 1 spiro atoms. The average molecular weight is 267 g/mol. The van der Waals surface area contributed by atoms with E-state index in [2.05, 4.69) is 0 Å². The molecule has 106 valence electrons. The second-order valence-electron chi connectivity index (χ2n) is 5.27. The van der Waals surface area contributed by atoms with Crippen LogP contribution in [0.5, 0.6) is 0 Å². The van der Waals surface area contributed by atoms with E-state index in [9.17, 15) is 9.59 Å². The van der Waals surface area contributed by atoms with E-state index in [0.717, 1.165) is 25.7 Å². The standard InChI is InChI=1S/C14H21NO4/c1-18-12(16)11-6-9-14(7-4-3-5-8-14)15(10-11)13(17)19-2/h6H,3-5,7-10H2,1-2H3. The van der Waals surface area contributed by atoms with Crippen LogP contribution in [0.25, 0.3) is 0 Å². The van der Waals surface area contributed by atoms with Crippen molar-refractivity contribution < 1.29 is 19.1 Å². The predicted molar refractivity (Wildman–Crippen MR) is 69.6 cm³/mol. The van der Waals surface area contributed by atoms with Crippen LogP contribution in [-0.2, 0) is 14.3 Å². The highest BCUT2D eigenvalue weighted by molar-refractivity contribution is 5.90. The van der Waals surface area contributed by atoms with Crippen LogP contribution < -0.4 is 0 Å². The molecule has 0 aromatic carbocycles. The van der Waals surface area contributed by atoms with Crippen molar-refractivity contribution in [2.75, 3.05) is 20.8 Å². The summed E-state index contributed by atoms with van der Waals surface area (Å²) in [6.07, 6.45) is 7.70. The second-order valence-corrected chi connectivity index (χ2v) is 5.27. The molecule has 0 atom stereocenters. The van der Waals surface area contributed by atoms with Gasteiger partial charge in [-0.2, -0.15) is 0 Å². The number of ether oxygens (including phenoxy) is 2. The van der Waals surface area contributed by atoms with E-state index in [-0.39, 0.29) is 17.6 Å². The molecule has 1 heterocycles. The van der Waals surface area contributed by atoms with Crippen molar-refractivity contribution in [3.63, 3.8) is 0 Å². The zero-order valence-electron chi connectivity index (χ0n) is 11.6. The third kappa shape index (κ3) is 2.60. The number of amides is 1. The fourth-order valence-electron chi connectivity index (χ4n) is 3.16. The minimum Gasteiger partial charge on any atom is -0.466 e. The molecule has 0 aromatic heterocycles. The zero-order valence-corrected chi connectivity index (χ0v) is 11.6. The highest BCUT2D eigenvalue weighted by Gasteiger charge is 2.43. The fraction of sp³-hybridized carbons (Fsp3) is 0.714. The van der Waals surface area contributed by atoms with Crippen molar-refractivity contribution >= 4 is 12.1 Å². The van der Waals surface area contributed by atoms with Crippen LogP contribution >= 0.6 is 0 Å². The topological polar surface area (TPSA) is 55.8 Å². The van der Waals surface area contributed by atoms with Crippen LogP contribution in [0.1, 0.15) is 38.5 Å². The van der Waals surface area contributed by atoms with E-state index in [0.29, 0.717) is 18.5 Å². The lowest BCUT2D eigenvalue weighted by molar-refractivity contribution is -0.136. The molecule has 5 heteroatoms. The number of esters is 1. The summed E-state index contributed by atoms with van der Waals surface area (Å²) < 4.78 is 9.63. The Hall–Kier alpha value is -1.52.